The molecule has 0 radical (unpaired) electrons. The maximum atomic E-state index is 8.86. The van der Waals surface area contributed by atoms with Crippen LogP contribution in [0.4, 0.5) is 0 Å². The number of phenolic OH excluding ortho intramolecular Hbond substituents is 1. The molecule has 0 saturated carbocycles. The van der Waals surface area contributed by atoms with Crippen LogP contribution in [0.25, 0.3) is 0 Å². The van der Waals surface area contributed by atoms with Crippen LogP contribution in [0.3, 0.4) is 0 Å². The molecular weight excluding hydrogens is 118 g/mol. The zero-order chi connectivity index (χ0) is 6.69. The van der Waals surface area contributed by atoms with Crippen molar-refractivity contribution in [2.24, 2.45) is 0 Å². The Kier molecular flexibility index (Phi) is 1.58. The van der Waals surface area contributed by atoms with Crippen molar-refractivity contribution in [2.75, 3.05) is 7.11 Å². The van der Waals surface area contributed by atoms with Crippen LogP contribution in [-0.2, 0) is 0 Å². The van der Waals surface area contributed by atoms with Gasteiger partial charge in [0.15, 0.2) is 0 Å². The molecule has 1 rings (SSSR count). The minimum atomic E-state index is 0.231. The summed E-state index contributed by atoms with van der Waals surface area (Å²) in [6.07, 6.45) is 0. The molecule has 0 aliphatic carbocycles. The smallest absolute Gasteiger partial charge is 0.122 e. The molecule has 0 saturated heterocycles. The SMILES string of the molecule is COc1cccc([18OH])c1. The van der Waals surface area contributed by atoms with E-state index in [2.05, 4.69) is 0 Å². The molecule has 1 N–H and O–H groups in total. The predicted octanol–water partition coefficient (Wildman–Crippen LogP) is 1.40. The van der Waals surface area contributed by atoms with Crippen molar-refractivity contribution in [1.29, 1.82) is 0 Å². The lowest BCUT2D eigenvalue weighted by Gasteiger charge is -1.97. The molecule has 0 amide bonds. The number of methoxy groups -OCH3 is 1. The third-order valence-electron chi connectivity index (χ3n) is 1.05. The van der Waals surface area contributed by atoms with Gasteiger partial charge in [0.1, 0.15) is 11.5 Å². The summed E-state index contributed by atoms with van der Waals surface area (Å²) < 4.78 is 4.84. The Labute approximate surface area is 53.7 Å². The van der Waals surface area contributed by atoms with Crippen LogP contribution < -0.4 is 4.74 Å². The van der Waals surface area contributed by atoms with Crippen molar-refractivity contribution < 1.29 is 9.84 Å². The molecule has 0 atom stereocenters. The van der Waals surface area contributed by atoms with Crippen molar-refractivity contribution in [3.8, 4) is 11.5 Å². The van der Waals surface area contributed by atoms with Gasteiger partial charge >= 0.3 is 0 Å². The first-order valence-corrected chi connectivity index (χ1v) is 2.66. The highest BCUT2D eigenvalue weighted by Crippen LogP contribution is 2.16. The summed E-state index contributed by atoms with van der Waals surface area (Å²) in [4.78, 5) is 0. The van der Waals surface area contributed by atoms with E-state index in [-0.39, 0.29) is 5.75 Å². The molecule has 2 heteroatoms. The monoisotopic (exact) mass is 126 g/mol. The summed E-state index contributed by atoms with van der Waals surface area (Å²) in [7, 11) is 1.56. The van der Waals surface area contributed by atoms with E-state index < -0.39 is 0 Å². The fourth-order valence-corrected chi connectivity index (χ4v) is 0.610. The topological polar surface area (TPSA) is 29.5 Å². The maximum Gasteiger partial charge on any atom is 0.122 e. The highest BCUT2D eigenvalue weighted by atomic mass is 18.2. The van der Waals surface area contributed by atoms with Crippen molar-refractivity contribution in [2.45, 2.75) is 0 Å². The zero-order valence-corrected chi connectivity index (χ0v) is 5.16. The first-order valence-electron chi connectivity index (χ1n) is 2.66. The fraction of sp³-hybridized carbons (Fsp3) is 0.143. The normalized spacial score (nSPS) is 9.00. The lowest BCUT2D eigenvalue weighted by molar-refractivity contribution is 0.407. The molecule has 0 aliphatic rings. The van der Waals surface area contributed by atoms with Crippen LogP contribution in [0.15, 0.2) is 24.3 Å². The standard InChI is InChI=1S/C7H8O2/c1-9-7-4-2-3-6(8)5-7/h2-5,8H,1H3/i8+2. The maximum absolute atomic E-state index is 8.86. The second kappa shape index (κ2) is 2.40. The van der Waals surface area contributed by atoms with Crippen molar-refractivity contribution in [1.82, 2.24) is 0 Å². The van der Waals surface area contributed by atoms with E-state index in [9.17, 15) is 0 Å². The minimum absolute atomic E-state index is 0.231. The number of hydrogen-bond acceptors (Lipinski definition) is 2. The molecule has 9 heavy (non-hydrogen) atoms. The van der Waals surface area contributed by atoms with E-state index in [1.54, 1.807) is 31.4 Å². The number of benzene rings is 1. The molecule has 2 nitrogen and oxygen atoms in total. The zero-order valence-electron chi connectivity index (χ0n) is 5.16. The Morgan fingerprint density at radius 2 is 2.22 bits per heavy atom. The third kappa shape index (κ3) is 1.35. The first-order chi connectivity index (χ1) is 4.33. The van der Waals surface area contributed by atoms with Crippen LogP contribution in [0.1, 0.15) is 0 Å². The van der Waals surface area contributed by atoms with Gasteiger partial charge in [0.05, 0.1) is 7.11 Å². The second-order valence-corrected chi connectivity index (χ2v) is 1.70. The molecule has 1 aromatic rings. The highest BCUT2D eigenvalue weighted by molar-refractivity contribution is 5.31. The summed E-state index contributed by atoms with van der Waals surface area (Å²) in [6.45, 7) is 0. The quantitative estimate of drug-likeness (QED) is 0.576. The Balaban J connectivity index is 2.94. The molecule has 0 bridgehead atoms. The van der Waals surface area contributed by atoms with Crippen molar-refractivity contribution in [3.05, 3.63) is 24.3 Å². The average Bonchev–Trinajstić information content (AvgIpc) is 1.88. The lowest BCUT2D eigenvalue weighted by Crippen LogP contribution is -1.79. The van der Waals surface area contributed by atoms with Gasteiger partial charge in [-0.1, -0.05) is 6.07 Å². The molecule has 0 fully saturated rings. The number of phenols is 1. The van der Waals surface area contributed by atoms with Gasteiger partial charge in [-0.05, 0) is 12.1 Å². The van der Waals surface area contributed by atoms with Gasteiger partial charge in [-0.2, -0.15) is 0 Å². The summed E-state index contributed by atoms with van der Waals surface area (Å²) in [5.41, 5.74) is 0. The Bertz CT molecular complexity index is 196. The van der Waals surface area contributed by atoms with Gasteiger partial charge in [0, 0.05) is 6.07 Å². The van der Waals surface area contributed by atoms with Gasteiger partial charge in [-0.3, -0.25) is 0 Å². The third-order valence-corrected chi connectivity index (χ3v) is 1.05. The Hall–Kier alpha value is -1.18. The lowest BCUT2D eigenvalue weighted by atomic mass is 10.3. The predicted molar refractivity (Wildman–Crippen MR) is 34.7 cm³/mol. The molecule has 48 valence electrons. The highest BCUT2D eigenvalue weighted by Gasteiger charge is 1.88. The molecule has 1 aromatic carbocycles. The van der Waals surface area contributed by atoms with Crippen molar-refractivity contribution >= 4 is 0 Å². The molecule has 0 aromatic heterocycles. The fourth-order valence-electron chi connectivity index (χ4n) is 0.610. The van der Waals surface area contributed by atoms with E-state index in [1.165, 1.54) is 0 Å². The van der Waals surface area contributed by atoms with Gasteiger partial charge in [-0.15, -0.1) is 0 Å². The van der Waals surface area contributed by atoms with Crippen LogP contribution in [0.2, 0.25) is 0 Å². The first kappa shape index (κ1) is 5.95. The molecule has 0 heterocycles. The largest absolute Gasteiger partial charge is 0.508 e. The van der Waals surface area contributed by atoms with Gasteiger partial charge < -0.3 is 9.84 Å². The Morgan fingerprint density at radius 3 is 2.67 bits per heavy atom. The van der Waals surface area contributed by atoms with E-state index in [4.69, 9.17) is 9.84 Å². The summed E-state index contributed by atoms with van der Waals surface area (Å²) >= 11 is 0. The molecule has 0 spiro atoms. The summed E-state index contributed by atoms with van der Waals surface area (Å²) in [6, 6.07) is 6.66. The second-order valence-electron chi connectivity index (χ2n) is 1.70. The number of rotatable bonds is 1. The molecular formula is C7H8O2. The van der Waals surface area contributed by atoms with Gasteiger partial charge in [-0.25, -0.2) is 0 Å². The molecule has 0 unspecified atom stereocenters. The number of ether oxygens (including phenoxy) is 1. The van der Waals surface area contributed by atoms with E-state index in [1.807, 2.05) is 0 Å². The summed E-state index contributed by atoms with van der Waals surface area (Å²) in [5.74, 6) is 0.907. The van der Waals surface area contributed by atoms with Crippen LogP contribution in [-0.4, -0.2) is 12.2 Å². The van der Waals surface area contributed by atoms with E-state index >= 15 is 0 Å². The Morgan fingerprint density at radius 1 is 1.44 bits per heavy atom. The van der Waals surface area contributed by atoms with Gasteiger partial charge in [0.25, 0.3) is 0 Å². The van der Waals surface area contributed by atoms with Crippen LogP contribution in [0.5, 0.6) is 11.5 Å². The van der Waals surface area contributed by atoms with E-state index in [0.717, 1.165) is 0 Å². The van der Waals surface area contributed by atoms with E-state index in [0.29, 0.717) is 5.75 Å². The van der Waals surface area contributed by atoms with Crippen LogP contribution >= 0.6 is 0 Å². The number of aromatic hydroxyl groups is 1. The summed E-state index contributed by atoms with van der Waals surface area (Å²) in [5, 5.41) is 8.86. The van der Waals surface area contributed by atoms with Crippen molar-refractivity contribution in [3.63, 3.8) is 0 Å². The van der Waals surface area contributed by atoms with Gasteiger partial charge in [0.2, 0.25) is 0 Å². The average molecular weight is 126 g/mol. The molecule has 0 aliphatic heterocycles. The van der Waals surface area contributed by atoms with Crippen LogP contribution in [0, 0.1) is 0 Å². The number of hydrogen-bond donors (Lipinski definition) is 1. The minimum Gasteiger partial charge on any atom is -0.508 e.